The van der Waals surface area contributed by atoms with Crippen LogP contribution in [0.15, 0.2) is 0 Å². The van der Waals surface area contributed by atoms with E-state index in [-0.39, 0.29) is 12.0 Å². The van der Waals surface area contributed by atoms with E-state index in [0.717, 1.165) is 6.61 Å². The zero-order valence-electron chi connectivity index (χ0n) is 5.89. The van der Waals surface area contributed by atoms with Crippen LogP contribution in [-0.4, -0.2) is 18.5 Å². The fourth-order valence-electron chi connectivity index (χ4n) is 0.646. The number of hydrogen-bond acceptors (Lipinski definition) is 2. The molecule has 1 aliphatic rings. The van der Waals surface area contributed by atoms with E-state index in [2.05, 4.69) is 0 Å². The second-order valence-electron chi connectivity index (χ2n) is 2.78. The summed E-state index contributed by atoms with van der Waals surface area (Å²) in [4.78, 5) is 10.9. The summed E-state index contributed by atoms with van der Waals surface area (Å²) >= 11 is 0. The van der Waals surface area contributed by atoms with E-state index in [1.807, 2.05) is 13.8 Å². The highest BCUT2D eigenvalue weighted by molar-refractivity contribution is 5.80. The van der Waals surface area contributed by atoms with Crippen LogP contribution in [0.1, 0.15) is 20.3 Å². The fourth-order valence-corrected chi connectivity index (χ4v) is 0.646. The van der Waals surface area contributed by atoms with Crippen molar-refractivity contribution < 1.29 is 9.53 Å². The van der Waals surface area contributed by atoms with E-state index < -0.39 is 0 Å². The molecule has 2 nitrogen and oxygen atoms in total. The topological polar surface area (TPSA) is 29.6 Å². The summed E-state index contributed by atoms with van der Waals surface area (Å²) in [7, 11) is 0. The van der Waals surface area contributed by atoms with E-state index in [4.69, 9.17) is 4.74 Å². The molecule has 1 atom stereocenters. The van der Waals surface area contributed by atoms with Crippen molar-refractivity contribution in [3.05, 3.63) is 0 Å². The third-order valence-electron chi connectivity index (χ3n) is 1.48. The average Bonchev–Trinajstić information content (AvgIpc) is 2.50. The lowest BCUT2D eigenvalue weighted by molar-refractivity contribution is -0.122. The quantitative estimate of drug-likeness (QED) is 0.531. The van der Waals surface area contributed by atoms with Gasteiger partial charge in [-0.05, 0) is 0 Å². The van der Waals surface area contributed by atoms with Crippen molar-refractivity contribution in [2.24, 2.45) is 5.92 Å². The first-order valence-corrected chi connectivity index (χ1v) is 3.34. The number of hydrogen-bond donors (Lipinski definition) is 0. The summed E-state index contributed by atoms with van der Waals surface area (Å²) in [5, 5.41) is 0. The molecule has 52 valence electrons. The van der Waals surface area contributed by atoms with E-state index in [9.17, 15) is 4.79 Å². The predicted octanol–water partition coefficient (Wildman–Crippen LogP) is 1.00. The first-order chi connectivity index (χ1) is 4.20. The number of carbonyl (C=O) groups is 1. The van der Waals surface area contributed by atoms with Gasteiger partial charge >= 0.3 is 0 Å². The fraction of sp³-hybridized carbons (Fsp3) is 0.857. The number of ketones is 1. The lowest BCUT2D eigenvalue weighted by atomic mass is 10.1. The molecule has 1 aliphatic heterocycles. The Balaban J connectivity index is 2.17. The van der Waals surface area contributed by atoms with Crippen molar-refractivity contribution in [1.29, 1.82) is 0 Å². The summed E-state index contributed by atoms with van der Waals surface area (Å²) in [5.74, 6) is 0.492. The molecule has 0 N–H and O–H groups in total. The Kier molecular flexibility index (Phi) is 1.86. The molecule has 0 aromatic rings. The van der Waals surface area contributed by atoms with Crippen LogP contribution >= 0.6 is 0 Å². The number of carbonyl (C=O) groups excluding carboxylic acids is 1. The molecule has 1 fully saturated rings. The van der Waals surface area contributed by atoms with Gasteiger partial charge < -0.3 is 4.74 Å². The molecule has 1 unspecified atom stereocenters. The van der Waals surface area contributed by atoms with E-state index >= 15 is 0 Å². The van der Waals surface area contributed by atoms with Crippen molar-refractivity contribution in [2.75, 3.05) is 6.61 Å². The highest BCUT2D eigenvalue weighted by Crippen LogP contribution is 2.15. The van der Waals surface area contributed by atoms with Crippen molar-refractivity contribution >= 4 is 5.78 Å². The van der Waals surface area contributed by atoms with Gasteiger partial charge in [-0.3, -0.25) is 4.79 Å². The molecule has 0 bridgehead atoms. The van der Waals surface area contributed by atoms with E-state index in [1.54, 1.807) is 0 Å². The SMILES string of the molecule is CC(C)C(=O)CC1CO1. The van der Waals surface area contributed by atoms with Gasteiger partial charge in [0.2, 0.25) is 0 Å². The van der Waals surface area contributed by atoms with Gasteiger partial charge in [0.05, 0.1) is 12.7 Å². The molecular weight excluding hydrogens is 116 g/mol. The standard InChI is InChI=1S/C7H12O2/c1-5(2)7(8)3-6-4-9-6/h5-6H,3-4H2,1-2H3. The second-order valence-corrected chi connectivity index (χ2v) is 2.78. The van der Waals surface area contributed by atoms with Gasteiger partial charge in [0.15, 0.2) is 0 Å². The number of rotatable bonds is 3. The predicted molar refractivity (Wildman–Crippen MR) is 34.2 cm³/mol. The summed E-state index contributed by atoms with van der Waals surface area (Å²) in [6, 6.07) is 0. The summed E-state index contributed by atoms with van der Waals surface area (Å²) in [6.07, 6.45) is 0.886. The highest BCUT2D eigenvalue weighted by atomic mass is 16.6. The molecule has 0 aromatic heterocycles. The Morgan fingerprint density at radius 2 is 2.33 bits per heavy atom. The molecule has 0 aromatic carbocycles. The van der Waals surface area contributed by atoms with Crippen LogP contribution < -0.4 is 0 Å². The minimum absolute atomic E-state index is 0.175. The Bertz CT molecular complexity index is 114. The molecular formula is C7H12O2. The normalized spacial score (nSPS) is 24.6. The van der Waals surface area contributed by atoms with Gasteiger partial charge in [-0.2, -0.15) is 0 Å². The third-order valence-corrected chi connectivity index (χ3v) is 1.48. The van der Waals surface area contributed by atoms with Crippen LogP contribution in [-0.2, 0) is 9.53 Å². The lowest BCUT2D eigenvalue weighted by Gasteiger charge is -1.98. The molecule has 0 amide bonds. The zero-order valence-corrected chi connectivity index (χ0v) is 5.89. The Morgan fingerprint density at radius 3 is 2.67 bits per heavy atom. The molecule has 0 radical (unpaired) electrons. The third kappa shape index (κ3) is 2.14. The second kappa shape index (κ2) is 2.48. The van der Waals surface area contributed by atoms with Crippen molar-refractivity contribution in [3.63, 3.8) is 0 Å². The lowest BCUT2D eigenvalue weighted by Crippen LogP contribution is -2.09. The van der Waals surface area contributed by atoms with Crippen LogP contribution in [0.3, 0.4) is 0 Å². The van der Waals surface area contributed by atoms with E-state index in [1.165, 1.54) is 0 Å². The maximum Gasteiger partial charge on any atom is 0.138 e. The molecule has 0 aliphatic carbocycles. The van der Waals surface area contributed by atoms with Crippen LogP contribution in [0.25, 0.3) is 0 Å². The van der Waals surface area contributed by atoms with Crippen molar-refractivity contribution in [1.82, 2.24) is 0 Å². The largest absolute Gasteiger partial charge is 0.373 e. The highest BCUT2D eigenvalue weighted by Gasteiger charge is 2.26. The van der Waals surface area contributed by atoms with Gasteiger partial charge in [0.1, 0.15) is 5.78 Å². The molecule has 0 spiro atoms. The van der Waals surface area contributed by atoms with Crippen LogP contribution in [0.5, 0.6) is 0 Å². The van der Waals surface area contributed by atoms with Gasteiger partial charge in [0, 0.05) is 12.3 Å². The zero-order chi connectivity index (χ0) is 6.85. The Morgan fingerprint density at radius 1 is 1.78 bits per heavy atom. The number of Topliss-reactive ketones (excluding diaryl/α,β-unsaturated/α-hetero) is 1. The first kappa shape index (κ1) is 6.75. The van der Waals surface area contributed by atoms with Crippen LogP contribution in [0, 0.1) is 5.92 Å². The molecule has 1 rings (SSSR count). The van der Waals surface area contributed by atoms with Crippen molar-refractivity contribution in [3.8, 4) is 0 Å². The molecule has 9 heavy (non-hydrogen) atoms. The van der Waals surface area contributed by atoms with Crippen molar-refractivity contribution in [2.45, 2.75) is 26.4 Å². The minimum Gasteiger partial charge on any atom is -0.373 e. The van der Waals surface area contributed by atoms with Gasteiger partial charge in [-0.1, -0.05) is 13.8 Å². The summed E-state index contributed by atoms with van der Waals surface area (Å²) < 4.78 is 4.91. The molecule has 2 heteroatoms. The minimum atomic E-state index is 0.175. The Hall–Kier alpha value is -0.370. The number of ether oxygens (including phenoxy) is 1. The number of epoxide rings is 1. The van der Waals surface area contributed by atoms with E-state index in [0.29, 0.717) is 12.2 Å². The Labute approximate surface area is 55.2 Å². The van der Waals surface area contributed by atoms with Gasteiger partial charge in [-0.15, -0.1) is 0 Å². The average molecular weight is 128 g/mol. The molecule has 1 heterocycles. The maximum atomic E-state index is 10.9. The summed E-state index contributed by atoms with van der Waals surface area (Å²) in [6.45, 7) is 4.63. The first-order valence-electron chi connectivity index (χ1n) is 3.34. The summed E-state index contributed by atoms with van der Waals surface area (Å²) in [5.41, 5.74) is 0. The van der Waals surface area contributed by atoms with Crippen LogP contribution in [0.4, 0.5) is 0 Å². The maximum absolute atomic E-state index is 10.9. The van der Waals surface area contributed by atoms with Crippen LogP contribution in [0.2, 0.25) is 0 Å². The molecule has 0 saturated carbocycles. The smallest absolute Gasteiger partial charge is 0.138 e. The monoisotopic (exact) mass is 128 g/mol. The van der Waals surface area contributed by atoms with Gasteiger partial charge in [-0.25, -0.2) is 0 Å². The van der Waals surface area contributed by atoms with Gasteiger partial charge in [0.25, 0.3) is 0 Å². The molecule has 1 saturated heterocycles.